The summed E-state index contributed by atoms with van der Waals surface area (Å²) in [5.41, 5.74) is 0.680. The Morgan fingerprint density at radius 3 is 2.52 bits per heavy atom. The van der Waals surface area contributed by atoms with Crippen LogP contribution in [0.2, 0.25) is 0 Å². The Morgan fingerprint density at radius 2 is 1.88 bits per heavy atom. The number of hydrogen-bond acceptors (Lipinski definition) is 3. The van der Waals surface area contributed by atoms with E-state index in [-0.39, 0.29) is 23.7 Å². The molecule has 25 heavy (non-hydrogen) atoms. The SMILES string of the molecule is CC(=O)N1CCN(CCNC(=O)C2CC2c2ccc(F)c(F)c2)CC1. The summed E-state index contributed by atoms with van der Waals surface area (Å²) in [6, 6.07) is 3.84. The molecule has 1 aromatic rings. The Kier molecular flexibility index (Phi) is 5.32. The first-order valence-corrected chi connectivity index (χ1v) is 8.66. The summed E-state index contributed by atoms with van der Waals surface area (Å²) < 4.78 is 26.2. The molecule has 2 atom stereocenters. The van der Waals surface area contributed by atoms with E-state index in [9.17, 15) is 18.4 Å². The summed E-state index contributed by atoms with van der Waals surface area (Å²) in [7, 11) is 0. The van der Waals surface area contributed by atoms with E-state index in [1.54, 1.807) is 13.0 Å². The molecule has 0 aromatic heterocycles. The van der Waals surface area contributed by atoms with Crippen molar-refractivity contribution >= 4 is 11.8 Å². The molecule has 1 aliphatic heterocycles. The molecule has 5 nitrogen and oxygen atoms in total. The van der Waals surface area contributed by atoms with E-state index in [1.807, 2.05) is 4.90 Å². The minimum atomic E-state index is -0.867. The summed E-state index contributed by atoms with van der Waals surface area (Å²) in [5, 5.41) is 2.92. The molecule has 2 fully saturated rings. The molecule has 1 aromatic carbocycles. The van der Waals surface area contributed by atoms with Gasteiger partial charge in [0.15, 0.2) is 11.6 Å². The van der Waals surface area contributed by atoms with Crippen molar-refractivity contribution < 1.29 is 18.4 Å². The van der Waals surface area contributed by atoms with Gasteiger partial charge in [-0.1, -0.05) is 6.07 Å². The number of piperazine rings is 1. The minimum Gasteiger partial charge on any atom is -0.355 e. The summed E-state index contributed by atoms with van der Waals surface area (Å²) in [4.78, 5) is 27.5. The van der Waals surface area contributed by atoms with Crippen LogP contribution in [0.4, 0.5) is 8.78 Å². The quantitative estimate of drug-likeness (QED) is 0.871. The van der Waals surface area contributed by atoms with Gasteiger partial charge >= 0.3 is 0 Å². The van der Waals surface area contributed by atoms with Gasteiger partial charge in [0.05, 0.1) is 0 Å². The van der Waals surface area contributed by atoms with Crippen LogP contribution in [0.5, 0.6) is 0 Å². The molecule has 2 unspecified atom stereocenters. The topological polar surface area (TPSA) is 52.7 Å². The number of nitrogens with one attached hydrogen (secondary N) is 1. The van der Waals surface area contributed by atoms with Crippen molar-refractivity contribution in [3.8, 4) is 0 Å². The molecule has 0 radical (unpaired) electrons. The molecule has 1 saturated carbocycles. The standard InChI is InChI=1S/C18H23F2N3O2/c1-12(24)23-8-6-22(7-9-23)5-4-21-18(25)15-11-14(15)13-2-3-16(19)17(20)10-13/h2-3,10,14-15H,4-9,11H2,1H3,(H,21,25). The van der Waals surface area contributed by atoms with Crippen LogP contribution in [-0.2, 0) is 9.59 Å². The van der Waals surface area contributed by atoms with Gasteiger partial charge in [-0.3, -0.25) is 14.5 Å². The fourth-order valence-electron chi connectivity index (χ4n) is 3.35. The lowest BCUT2D eigenvalue weighted by Gasteiger charge is -2.34. The Bertz CT molecular complexity index is 660. The number of benzene rings is 1. The fourth-order valence-corrected chi connectivity index (χ4v) is 3.35. The first kappa shape index (κ1) is 17.8. The monoisotopic (exact) mass is 351 g/mol. The first-order valence-electron chi connectivity index (χ1n) is 8.66. The number of carbonyl (C=O) groups excluding carboxylic acids is 2. The van der Waals surface area contributed by atoms with Gasteiger partial charge in [-0.05, 0) is 30.0 Å². The van der Waals surface area contributed by atoms with Crippen LogP contribution in [0.1, 0.15) is 24.8 Å². The Hall–Kier alpha value is -2.02. The highest BCUT2D eigenvalue weighted by Gasteiger charge is 2.44. The van der Waals surface area contributed by atoms with Crippen LogP contribution in [0.25, 0.3) is 0 Å². The highest BCUT2D eigenvalue weighted by atomic mass is 19.2. The molecule has 0 bridgehead atoms. The third kappa shape index (κ3) is 4.34. The van der Waals surface area contributed by atoms with Crippen molar-refractivity contribution in [2.45, 2.75) is 19.3 Å². The third-order valence-corrected chi connectivity index (χ3v) is 5.04. The highest BCUT2D eigenvalue weighted by molar-refractivity contribution is 5.82. The van der Waals surface area contributed by atoms with Crippen LogP contribution >= 0.6 is 0 Å². The van der Waals surface area contributed by atoms with E-state index in [0.29, 0.717) is 18.5 Å². The highest BCUT2D eigenvalue weighted by Crippen LogP contribution is 2.47. The van der Waals surface area contributed by atoms with Gasteiger partial charge in [-0.25, -0.2) is 8.78 Å². The number of nitrogens with zero attached hydrogens (tertiary/aromatic N) is 2. The van der Waals surface area contributed by atoms with E-state index < -0.39 is 11.6 Å². The summed E-state index contributed by atoms with van der Waals surface area (Å²) in [6.07, 6.45) is 0.675. The third-order valence-electron chi connectivity index (χ3n) is 5.04. The maximum Gasteiger partial charge on any atom is 0.223 e. The summed E-state index contributed by atoms with van der Waals surface area (Å²) >= 11 is 0. The second-order valence-electron chi connectivity index (χ2n) is 6.76. The van der Waals surface area contributed by atoms with Crippen LogP contribution in [0.3, 0.4) is 0 Å². The lowest BCUT2D eigenvalue weighted by Crippen LogP contribution is -2.49. The zero-order valence-electron chi connectivity index (χ0n) is 14.3. The lowest BCUT2D eigenvalue weighted by molar-refractivity contribution is -0.130. The van der Waals surface area contributed by atoms with E-state index in [2.05, 4.69) is 10.2 Å². The first-order chi connectivity index (χ1) is 12.0. The average Bonchev–Trinajstić information content (AvgIpc) is 3.38. The smallest absolute Gasteiger partial charge is 0.223 e. The van der Waals surface area contributed by atoms with Gasteiger partial charge in [0.2, 0.25) is 11.8 Å². The Balaban J connectivity index is 1.38. The maximum atomic E-state index is 13.3. The van der Waals surface area contributed by atoms with Crippen molar-refractivity contribution in [1.29, 1.82) is 0 Å². The van der Waals surface area contributed by atoms with Crippen LogP contribution in [0.15, 0.2) is 18.2 Å². The summed E-state index contributed by atoms with van der Waals surface area (Å²) in [5.74, 6) is -1.83. The molecule has 1 aliphatic carbocycles. The molecule has 3 rings (SSSR count). The minimum absolute atomic E-state index is 0.0192. The zero-order valence-corrected chi connectivity index (χ0v) is 14.3. The predicted molar refractivity (Wildman–Crippen MR) is 88.9 cm³/mol. The van der Waals surface area contributed by atoms with Gasteiger partial charge in [0.25, 0.3) is 0 Å². The number of halogens is 2. The molecule has 1 N–H and O–H groups in total. The van der Waals surface area contributed by atoms with Crippen molar-refractivity contribution in [2.75, 3.05) is 39.3 Å². The second-order valence-corrected chi connectivity index (χ2v) is 6.76. The van der Waals surface area contributed by atoms with Gasteiger partial charge in [-0.15, -0.1) is 0 Å². The Labute approximate surface area is 146 Å². The van der Waals surface area contributed by atoms with Gasteiger partial charge in [-0.2, -0.15) is 0 Å². The average molecular weight is 351 g/mol. The molecule has 2 amide bonds. The molecule has 0 spiro atoms. The second kappa shape index (κ2) is 7.47. The number of rotatable bonds is 5. The van der Waals surface area contributed by atoms with Crippen molar-refractivity contribution in [1.82, 2.24) is 15.1 Å². The maximum absolute atomic E-state index is 13.3. The van der Waals surface area contributed by atoms with Crippen molar-refractivity contribution in [3.63, 3.8) is 0 Å². The fraction of sp³-hybridized carbons (Fsp3) is 0.556. The molecular weight excluding hydrogens is 328 g/mol. The molecule has 1 saturated heterocycles. The van der Waals surface area contributed by atoms with E-state index >= 15 is 0 Å². The molecular formula is C18H23F2N3O2. The number of hydrogen-bond donors (Lipinski definition) is 1. The number of amides is 2. The molecule has 7 heteroatoms. The van der Waals surface area contributed by atoms with E-state index in [1.165, 1.54) is 6.07 Å². The summed E-state index contributed by atoms with van der Waals surface area (Å²) in [6.45, 7) is 5.97. The predicted octanol–water partition coefficient (Wildman–Crippen LogP) is 1.35. The molecule has 1 heterocycles. The van der Waals surface area contributed by atoms with Gasteiger partial charge < -0.3 is 10.2 Å². The molecule has 2 aliphatic rings. The largest absolute Gasteiger partial charge is 0.355 e. The van der Waals surface area contributed by atoms with Crippen LogP contribution in [-0.4, -0.2) is 60.9 Å². The van der Waals surface area contributed by atoms with Crippen molar-refractivity contribution in [3.05, 3.63) is 35.4 Å². The van der Waals surface area contributed by atoms with Gasteiger partial charge in [0, 0.05) is 52.1 Å². The lowest BCUT2D eigenvalue weighted by atomic mass is 10.1. The van der Waals surface area contributed by atoms with Crippen LogP contribution in [0, 0.1) is 17.6 Å². The zero-order chi connectivity index (χ0) is 18.0. The van der Waals surface area contributed by atoms with Gasteiger partial charge in [0.1, 0.15) is 0 Å². The number of carbonyl (C=O) groups is 2. The normalized spacial score (nSPS) is 23.4. The van der Waals surface area contributed by atoms with Crippen LogP contribution < -0.4 is 5.32 Å². The van der Waals surface area contributed by atoms with Crippen molar-refractivity contribution in [2.24, 2.45) is 5.92 Å². The Morgan fingerprint density at radius 1 is 1.16 bits per heavy atom. The van der Waals surface area contributed by atoms with E-state index in [0.717, 1.165) is 38.8 Å². The molecule has 136 valence electrons. The van der Waals surface area contributed by atoms with E-state index in [4.69, 9.17) is 0 Å².